The molecule has 0 atom stereocenters. The van der Waals surface area contributed by atoms with Crippen molar-refractivity contribution in [1.29, 1.82) is 5.26 Å². The minimum Gasteiger partial charge on any atom is -0.381 e. The Kier molecular flexibility index (Phi) is 5.38. The molecule has 0 unspecified atom stereocenters. The molecule has 0 fully saturated rings. The number of nitrogen functional groups attached to an aromatic ring is 1. The fourth-order valence-corrected chi connectivity index (χ4v) is 2.10. The molecule has 2 rings (SSSR count). The molecule has 1 heterocycles. The van der Waals surface area contributed by atoms with Gasteiger partial charge in [-0.3, -0.25) is 5.10 Å². The van der Waals surface area contributed by atoms with Crippen molar-refractivity contribution in [3.8, 4) is 6.07 Å². The van der Waals surface area contributed by atoms with Crippen LogP contribution < -0.4 is 16.4 Å². The van der Waals surface area contributed by atoms with Gasteiger partial charge in [-0.2, -0.15) is 10.4 Å². The number of H-pyrrole nitrogens is 1. The van der Waals surface area contributed by atoms with Crippen LogP contribution in [0.25, 0.3) is 0 Å². The topological polar surface area (TPSA) is 120 Å². The van der Waals surface area contributed by atoms with Crippen molar-refractivity contribution < 1.29 is 9.18 Å². The Balaban J connectivity index is 1.79. The Morgan fingerprint density at radius 1 is 1.52 bits per heavy atom. The number of carbonyl (C=O) groups is 1. The number of nitriles is 1. The molecule has 120 valence electrons. The van der Waals surface area contributed by atoms with Crippen molar-refractivity contribution in [2.75, 3.05) is 17.6 Å². The van der Waals surface area contributed by atoms with Gasteiger partial charge in [0.05, 0.1) is 11.4 Å². The zero-order chi connectivity index (χ0) is 16.8. The van der Waals surface area contributed by atoms with Crippen LogP contribution in [0.15, 0.2) is 18.2 Å². The van der Waals surface area contributed by atoms with Gasteiger partial charge in [0.15, 0.2) is 5.82 Å². The maximum atomic E-state index is 13.5. The molecule has 0 aliphatic carbocycles. The molecule has 5 N–H and O–H groups in total. The predicted molar refractivity (Wildman–Crippen MR) is 84.5 cm³/mol. The van der Waals surface area contributed by atoms with Gasteiger partial charge >= 0.3 is 6.03 Å². The largest absolute Gasteiger partial charge is 0.381 e. The van der Waals surface area contributed by atoms with Gasteiger partial charge < -0.3 is 16.4 Å². The minimum absolute atomic E-state index is 0.00288. The van der Waals surface area contributed by atoms with Crippen LogP contribution in [-0.2, 0) is 6.42 Å². The van der Waals surface area contributed by atoms with E-state index in [-0.39, 0.29) is 11.5 Å². The molecule has 0 bridgehead atoms. The number of amides is 2. The summed E-state index contributed by atoms with van der Waals surface area (Å²) in [5.41, 5.74) is 6.46. The summed E-state index contributed by atoms with van der Waals surface area (Å²) < 4.78 is 13.5. The van der Waals surface area contributed by atoms with E-state index in [9.17, 15) is 9.18 Å². The first-order valence-electron chi connectivity index (χ1n) is 6.74. The number of aromatic amines is 1. The van der Waals surface area contributed by atoms with Crippen LogP contribution in [0.4, 0.5) is 20.7 Å². The lowest BCUT2D eigenvalue weighted by molar-refractivity contribution is 0.252. The van der Waals surface area contributed by atoms with Gasteiger partial charge in [0.25, 0.3) is 0 Å². The average Bonchev–Trinajstić information content (AvgIpc) is 2.87. The number of nitrogens with two attached hydrogens (primary N) is 1. The number of aromatic nitrogens is 2. The minimum atomic E-state index is -0.573. The number of nitrogens with one attached hydrogen (secondary N) is 3. The Morgan fingerprint density at radius 3 is 3.04 bits per heavy atom. The SMILES string of the molecule is N#Cc1c(N)n[nH]c1CCCNC(=O)Nc1cc(Cl)ccc1F. The molecular formula is C14H14ClFN6O. The van der Waals surface area contributed by atoms with Crippen molar-refractivity contribution >= 4 is 29.1 Å². The molecule has 2 amide bonds. The van der Waals surface area contributed by atoms with Gasteiger partial charge in [0.2, 0.25) is 0 Å². The number of anilines is 2. The number of benzene rings is 1. The second-order valence-corrected chi connectivity index (χ2v) is 5.12. The van der Waals surface area contributed by atoms with E-state index in [1.54, 1.807) is 0 Å². The van der Waals surface area contributed by atoms with Crippen LogP contribution in [0.3, 0.4) is 0 Å². The van der Waals surface area contributed by atoms with Crippen LogP contribution in [0.2, 0.25) is 5.02 Å². The Labute approximate surface area is 136 Å². The van der Waals surface area contributed by atoms with Gasteiger partial charge in [-0.1, -0.05) is 11.6 Å². The normalized spacial score (nSPS) is 10.1. The molecule has 1 aromatic heterocycles. The molecule has 0 saturated heterocycles. The fraction of sp³-hybridized carbons (Fsp3) is 0.214. The molecule has 0 aliphatic rings. The molecule has 2 aromatic rings. The van der Waals surface area contributed by atoms with E-state index in [2.05, 4.69) is 20.8 Å². The van der Waals surface area contributed by atoms with Crippen LogP contribution >= 0.6 is 11.6 Å². The summed E-state index contributed by atoms with van der Waals surface area (Å²) in [6, 6.07) is 5.30. The summed E-state index contributed by atoms with van der Waals surface area (Å²) in [5.74, 6) is -0.416. The number of halogens is 2. The number of hydrogen-bond acceptors (Lipinski definition) is 4. The van der Waals surface area contributed by atoms with Crippen molar-refractivity contribution in [2.24, 2.45) is 0 Å². The third-order valence-electron chi connectivity index (χ3n) is 3.05. The Hall–Kier alpha value is -2.79. The smallest absolute Gasteiger partial charge is 0.319 e. The van der Waals surface area contributed by atoms with E-state index in [0.29, 0.717) is 35.7 Å². The second-order valence-electron chi connectivity index (χ2n) is 4.68. The number of nitrogens with zero attached hydrogens (tertiary/aromatic N) is 2. The Bertz CT molecular complexity index is 754. The summed E-state index contributed by atoms with van der Waals surface area (Å²) in [4.78, 5) is 11.7. The lowest BCUT2D eigenvalue weighted by Crippen LogP contribution is -2.30. The number of rotatable bonds is 5. The highest BCUT2D eigenvalue weighted by molar-refractivity contribution is 6.30. The molecule has 7 nitrogen and oxygen atoms in total. The third-order valence-corrected chi connectivity index (χ3v) is 3.28. The molecule has 0 radical (unpaired) electrons. The van der Waals surface area contributed by atoms with Crippen molar-refractivity contribution in [2.45, 2.75) is 12.8 Å². The van der Waals surface area contributed by atoms with E-state index in [1.807, 2.05) is 6.07 Å². The lowest BCUT2D eigenvalue weighted by atomic mass is 10.1. The van der Waals surface area contributed by atoms with Crippen LogP contribution in [0.5, 0.6) is 0 Å². The highest BCUT2D eigenvalue weighted by Crippen LogP contribution is 2.19. The first kappa shape index (κ1) is 16.6. The first-order valence-corrected chi connectivity index (χ1v) is 7.11. The number of hydrogen-bond donors (Lipinski definition) is 4. The molecule has 23 heavy (non-hydrogen) atoms. The summed E-state index contributed by atoms with van der Waals surface area (Å²) >= 11 is 5.74. The second kappa shape index (κ2) is 7.47. The van der Waals surface area contributed by atoms with E-state index in [1.165, 1.54) is 18.2 Å². The molecular weight excluding hydrogens is 323 g/mol. The fourth-order valence-electron chi connectivity index (χ4n) is 1.93. The third kappa shape index (κ3) is 4.34. The van der Waals surface area contributed by atoms with Gasteiger partial charge in [-0.05, 0) is 31.0 Å². The quantitative estimate of drug-likeness (QED) is 0.626. The van der Waals surface area contributed by atoms with E-state index < -0.39 is 11.8 Å². The predicted octanol–water partition coefficient (Wildman–Crippen LogP) is 2.41. The van der Waals surface area contributed by atoms with Crippen LogP contribution in [0.1, 0.15) is 17.7 Å². The number of urea groups is 1. The van der Waals surface area contributed by atoms with Crippen molar-refractivity contribution in [3.63, 3.8) is 0 Å². The summed E-state index contributed by atoms with van der Waals surface area (Å²) in [7, 11) is 0. The summed E-state index contributed by atoms with van der Waals surface area (Å²) in [6.07, 6.45) is 1.06. The van der Waals surface area contributed by atoms with E-state index >= 15 is 0 Å². The first-order chi connectivity index (χ1) is 11.0. The number of aryl methyl sites for hydroxylation is 1. The molecule has 0 saturated carbocycles. The van der Waals surface area contributed by atoms with Crippen molar-refractivity contribution in [3.05, 3.63) is 40.3 Å². The van der Waals surface area contributed by atoms with Crippen LogP contribution in [-0.4, -0.2) is 22.8 Å². The molecule has 1 aromatic carbocycles. The average molecular weight is 337 g/mol. The van der Waals surface area contributed by atoms with Gasteiger partial charge in [0.1, 0.15) is 17.4 Å². The van der Waals surface area contributed by atoms with Crippen molar-refractivity contribution in [1.82, 2.24) is 15.5 Å². The zero-order valence-electron chi connectivity index (χ0n) is 12.0. The Morgan fingerprint density at radius 2 is 2.30 bits per heavy atom. The highest BCUT2D eigenvalue weighted by Gasteiger charge is 2.10. The van der Waals surface area contributed by atoms with Gasteiger partial charge in [-0.25, -0.2) is 9.18 Å². The lowest BCUT2D eigenvalue weighted by Gasteiger charge is -2.08. The molecule has 9 heteroatoms. The summed E-state index contributed by atoms with van der Waals surface area (Å²) in [6.45, 7) is 0.331. The van der Waals surface area contributed by atoms with E-state index in [4.69, 9.17) is 22.6 Å². The molecule has 0 aliphatic heterocycles. The molecule has 0 spiro atoms. The summed E-state index contributed by atoms with van der Waals surface area (Å²) in [5, 5.41) is 20.6. The maximum absolute atomic E-state index is 13.5. The standard InChI is InChI=1S/C14H14ClFN6O/c15-8-3-4-10(16)12(6-8)20-14(23)19-5-1-2-11-9(7-17)13(18)22-21-11/h3-4,6H,1-2,5H2,(H3,18,21,22)(H2,19,20,23). The van der Waals surface area contributed by atoms with E-state index in [0.717, 1.165) is 0 Å². The van der Waals surface area contributed by atoms with Gasteiger partial charge in [0, 0.05) is 11.6 Å². The van der Waals surface area contributed by atoms with Gasteiger partial charge in [-0.15, -0.1) is 0 Å². The maximum Gasteiger partial charge on any atom is 0.319 e. The monoisotopic (exact) mass is 336 g/mol. The zero-order valence-corrected chi connectivity index (χ0v) is 12.7. The number of carbonyl (C=O) groups excluding carboxylic acids is 1. The highest BCUT2D eigenvalue weighted by atomic mass is 35.5. The van der Waals surface area contributed by atoms with Crippen LogP contribution in [0, 0.1) is 17.1 Å².